The fourth-order valence-corrected chi connectivity index (χ4v) is 3.56. The molecule has 1 amide bonds. The Labute approximate surface area is 206 Å². The summed E-state index contributed by atoms with van der Waals surface area (Å²) in [6.07, 6.45) is -7.30. The number of aliphatic hydroxyl groups excluding tert-OH is 1. The van der Waals surface area contributed by atoms with Crippen molar-refractivity contribution >= 4 is 23.2 Å². The normalized spacial score (nSPS) is 12.5. The lowest BCUT2D eigenvalue weighted by Crippen LogP contribution is -2.33. The van der Waals surface area contributed by atoms with E-state index in [1.807, 2.05) is 0 Å². The van der Waals surface area contributed by atoms with Gasteiger partial charge in [-0.3, -0.25) is 9.36 Å². The SMILES string of the molecule is CCn1c(CO)nn(-c2nc(O[C@@H](C)C(F)(F)F)c(C(=O)Nc3c(C)cc(C)nc3Cl)cc2F)c1=O. The van der Waals surface area contributed by atoms with Gasteiger partial charge in [-0.25, -0.2) is 14.2 Å². The number of hydrogen-bond acceptors (Lipinski definition) is 7. The lowest BCUT2D eigenvalue weighted by atomic mass is 10.2. The van der Waals surface area contributed by atoms with E-state index in [1.54, 1.807) is 26.8 Å². The third-order valence-corrected chi connectivity index (χ3v) is 5.33. The lowest BCUT2D eigenvalue weighted by Gasteiger charge is -2.19. The van der Waals surface area contributed by atoms with Gasteiger partial charge in [0.15, 0.2) is 28.7 Å². The number of alkyl halides is 3. The summed E-state index contributed by atoms with van der Waals surface area (Å²) in [7, 11) is 0. The van der Waals surface area contributed by atoms with Crippen molar-refractivity contribution in [3.8, 4) is 11.7 Å². The zero-order valence-corrected chi connectivity index (χ0v) is 20.2. The molecule has 2 N–H and O–H groups in total. The molecule has 0 unspecified atom stereocenters. The molecule has 15 heteroatoms. The summed E-state index contributed by atoms with van der Waals surface area (Å²) in [5, 5.41) is 15.5. The van der Waals surface area contributed by atoms with Gasteiger partial charge >= 0.3 is 11.9 Å². The predicted molar refractivity (Wildman–Crippen MR) is 120 cm³/mol. The number of aliphatic hydroxyl groups is 1. The number of aromatic nitrogens is 5. The van der Waals surface area contributed by atoms with Gasteiger partial charge in [0.2, 0.25) is 5.88 Å². The van der Waals surface area contributed by atoms with Crippen molar-refractivity contribution in [1.29, 1.82) is 0 Å². The quantitative estimate of drug-likeness (QED) is 0.353. The zero-order valence-electron chi connectivity index (χ0n) is 19.4. The standard InChI is InChI=1S/C21H21ClF4N6O4/c1-5-31-14(8-33)30-32(20(31)35)17-13(23)7-12(19(29-17)36-11(4)21(24,25)26)18(34)28-15-9(2)6-10(3)27-16(15)22/h6-7,11,33H,5,8H2,1-4H3,(H,28,34)/t11-/m0/s1. The Bertz CT molecular complexity index is 1350. The van der Waals surface area contributed by atoms with Crippen molar-refractivity contribution < 1.29 is 32.2 Å². The number of halogens is 5. The van der Waals surface area contributed by atoms with Gasteiger partial charge in [-0.2, -0.15) is 22.8 Å². The van der Waals surface area contributed by atoms with Crippen molar-refractivity contribution in [2.45, 2.75) is 53.1 Å². The summed E-state index contributed by atoms with van der Waals surface area (Å²) in [6, 6.07) is 2.17. The fourth-order valence-electron chi connectivity index (χ4n) is 3.23. The summed E-state index contributed by atoms with van der Waals surface area (Å²) in [5.74, 6) is -4.21. The maximum absolute atomic E-state index is 15.1. The highest BCUT2D eigenvalue weighted by Gasteiger charge is 2.39. The van der Waals surface area contributed by atoms with Crippen molar-refractivity contribution in [2.75, 3.05) is 5.32 Å². The molecule has 0 aliphatic rings. The van der Waals surface area contributed by atoms with E-state index in [0.717, 1.165) is 4.57 Å². The van der Waals surface area contributed by atoms with Crippen molar-refractivity contribution in [1.82, 2.24) is 24.3 Å². The van der Waals surface area contributed by atoms with Crippen molar-refractivity contribution in [3.05, 3.63) is 56.2 Å². The molecule has 0 aliphatic heterocycles. The highest BCUT2D eigenvalue weighted by molar-refractivity contribution is 6.33. The molecule has 1 atom stereocenters. The molecule has 0 bridgehead atoms. The molecule has 0 aliphatic carbocycles. The van der Waals surface area contributed by atoms with Crippen LogP contribution in [0.25, 0.3) is 5.82 Å². The summed E-state index contributed by atoms with van der Waals surface area (Å²) in [5.41, 5.74) is -0.515. The first-order chi connectivity index (χ1) is 16.8. The third kappa shape index (κ3) is 5.33. The molecule has 36 heavy (non-hydrogen) atoms. The number of carbonyl (C=O) groups excluding carboxylic acids is 1. The minimum atomic E-state index is -4.85. The maximum Gasteiger partial charge on any atom is 0.425 e. The molecule has 0 saturated heterocycles. The van der Waals surface area contributed by atoms with E-state index in [-0.39, 0.29) is 23.2 Å². The Morgan fingerprint density at radius 3 is 2.47 bits per heavy atom. The lowest BCUT2D eigenvalue weighted by molar-refractivity contribution is -0.190. The summed E-state index contributed by atoms with van der Waals surface area (Å²) in [4.78, 5) is 33.3. The van der Waals surface area contributed by atoms with Crippen LogP contribution in [0.5, 0.6) is 5.88 Å². The minimum absolute atomic E-state index is 0.0528. The van der Waals surface area contributed by atoms with Crippen LogP contribution in [0.2, 0.25) is 5.15 Å². The predicted octanol–water partition coefficient (Wildman–Crippen LogP) is 3.33. The van der Waals surface area contributed by atoms with E-state index >= 15 is 4.39 Å². The second-order valence-electron chi connectivity index (χ2n) is 7.66. The molecule has 0 aromatic carbocycles. The van der Waals surface area contributed by atoms with E-state index in [0.29, 0.717) is 28.9 Å². The van der Waals surface area contributed by atoms with Crippen LogP contribution < -0.4 is 15.7 Å². The number of hydrogen-bond donors (Lipinski definition) is 2. The number of aryl methyl sites for hydroxylation is 2. The zero-order chi connectivity index (χ0) is 26.9. The summed E-state index contributed by atoms with van der Waals surface area (Å²) in [6.45, 7) is 4.90. The minimum Gasteiger partial charge on any atom is -0.464 e. The van der Waals surface area contributed by atoms with Gasteiger partial charge in [0.25, 0.3) is 5.91 Å². The average molecular weight is 533 g/mol. The molecule has 0 spiro atoms. The average Bonchev–Trinajstić information content (AvgIpc) is 3.11. The number of pyridine rings is 2. The van der Waals surface area contributed by atoms with E-state index in [9.17, 15) is 27.9 Å². The molecule has 3 aromatic rings. The van der Waals surface area contributed by atoms with E-state index < -0.39 is 53.6 Å². The number of anilines is 1. The number of carbonyl (C=O) groups is 1. The third-order valence-electron chi connectivity index (χ3n) is 5.05. The molecule has 0 fully saturated rings. The Balaban J connectivity index is 2.16. The molecular formula is C21H21ClF4N6O4. The first-order valence-electron chi connectivity index (χ1n) is 10.5. The molecule has 0 saturated carbocycles. The molecule has 3 heterocycles. The topological polar surface area (TPSA) is 124 Å². The van der Waals surface area contributed by atoms with Gasteiger partial charge in [-0.15, -0.1) is 5.10 Å². The van der Waals surface area contributed by atoms with Crippen LogP contribution in [0.3, 0.4) is 0 Å². The number of nitrogens with one attached hydrogen (secondary N) is 1. The Hall–Kier alpha value is -3.52. The number of nitrogens with zero attached hydrogens (tertiary/aromatic N) is 5. The van der Waals surface area contributed by atoms with Gasteiger partial charge in [0, 0.05) is 12.2 Å². The van der Waals surface area contributed by atoms with Crippen LogP contribution >= 0.6 is 11.6 Å². The number of ether oxygens (including phenoxy) is 1. The smallest absolute Gasteiger partial charge is 0.425 e. The summed E-state index contributed by atoms with van der Waals surface area (Å²) >= 11 is 6.08. The molecule has 0 radical (unpaired) electrons. The summed E-state index contributed by atoms with van der Waals surface area (Å²) < 4.78 is 61.1. The van der Waals surface area contributed by atoms with Crippen LogP contribution in [-0.2, 0) is 13.2 Å². The van der Waals surface area contributed by atoms with Gasteiger partial charge in [-0.05, 0) is 45.4 Å². The van der Waals surface area contributed by atoms with Crippen LogP contribution in [0.15, 0.2) is 16.9 Å². The van der Waals surface area contributed by atoms with Gasteiger partial charge in [-0.1, -0.05) is 11.6 Å². The first-order valence-corrected chi connectivity index (χ1v) is 10.8. The number of rotatable bonds is 7. The molecule has 3 rings (SSSR count). The van der Waals surface area contributed by atoms with E-state index in [4.69, 9.17) is 16.3 Å². The van der Waals surface area contributed by atoms with Crippen LogP contribution in [0.1, 0.15) is 41.3 Å². The van der Waals surface area contributed by atoms with Crippen LogP contribution in [0.4, 0.5) is 23.2 Å². The second-order valence-corrected chi connectivity index (χ2v) is 8.02. The van der Waals surface area contributed by atoms with Crippen molar-refractivity contribution in [2.24, 2.45) is 0 Å². The maximum atomic E-state index is 15.1. The van der Waals surface area contributed by atoms with E-state index in [2.05, 4.69) is 20.4 Å². The second kappa shape index (κ2) is 10.2. The van der Waals surface area contributed by atoms with Gasteiger partial charge in [0.1, 0.15) is 12.2 Å². The van der Waals surface area contributed by atoms with Crippen molar-refractivity contribution in [3.63, 3.8) is 0 Å². The first kappa shape index (κ1) is 27.1. The van der Waals surface area contributed by atoms with Crippen LogP contribution in [-0.4, -0.2) is 47.6 Å². The Kier molecular flexibility index (Phi) is 7.69. The largest absolute Gasteiger partial charge is 0.464 e. The highest BCUT2D eigenvalue weighted by Crippen LogP contribution is 2.30. The Morgan fingerprint density at radius 2 is 1.94 bits per heavy atom. The molecule has 10 nitrogen and oxygen atoms in total. The monoisotopic (exact) mass is 532 g/mol. The Morgan fingerprint density at radius 1 is 1.28 bits per heavy atom. The van der Waals surface area contributed by atoms with Gasteiger partial charge < -0.3 is 15.2 Å². The van der Waals surface area contributed by atoms with Gasteiger partial charge in [0.05, 0.1) is 5.69 Å². The van der Waals surface area contributed by atoms with E-state index in [1.165, 1.54) is 0 Å². The highest BCUT2D eigenvalue weighted by atomic mass is 35.5. The number of amides is 1. The fraction of sp³-hybridized carbons (Fsp3) is 0.381. The molecule has 3 aromatic heterocycles. The molecular weight excluding hydrogens is 512 g/mol. The van der Waals surface area contributed by atoms with Crippen LogP contribution in [0, 0.1) is 19.7 Å². The molecule has 194 valence electrons.